The van der Waals surface area contributed by atoms with E-state index in [-0.39, 0.29) is 0 Å². The van der Waals surface area contributed by atoms with Gasteiger partial charge in [0.2, 0.25) is 0 Å². The van der Waals surface area contributed by atoms with Crippen LogP contribution in [-0.2, 0) is 0 Å². The summed E-state index contributed by atoms with van der Waals surface area (Å²) >= 11 is 0. The molecule has 0 N–H and O–H groups in total. The maximum Gasteiger partial charge on any atom is 0.197 e. The second-order valence-electron chi connectivity index (χ2n) is 14.1. The van der Waals surface area contributed by atoms with E-state index in [0.717, 1.165) is 55.7 Å². The highest BCUT2D eigenvalue weighted by Gasteiger charge is 2.23. The van der Waals surface area contributed by atoms with Crippen molar-refractivity contribution >= 4 is 49.3 Å². The summed E-state index contributed by atoms with van der Waals surface area (Å²) in [6.07, 6.45) is 3.59. The van der Waals surface area contributed by atoms with Crippen LogP contribution >= 0.6 is 0 Å². The lowest BCUT2D eigenvalue weighted by Crippen LogP contribution is -2.04. The lowest BCUT2D eigenvalue weighted by atomic mass is 10.0. The number of pyridine rings is 1. The van der Waals surface area contributed by atoms with Crippen LogP contribution in [0.3, 0.4) is 0 Å². The Morgan fingerprint density at radius 1 is 0.426 bits per heavy atom. The Balaban J connectivity index is 1.36. The first-order chi connectivity index (χ1) is 26.6. The van der Waals surface area contributed by atoms with Gasteiger partial charge in [-0.15, -0.1) is 0 Å². The average molecular weight is 691 g/mol. The topological polar surface area (TPSA) is 27.1 Å². The summed E-state index contributed by atoms with van der Waals surface area (Å²) in [4.78, 5) is 8.47. The first-order valence-corrected chi connectivity index (χ1v) is 18.2. The fraction of sp³-hybridized carbons (Fsp3) is 0.0400. The van der Waals surface area contributed by atoms with Crippen molar-refractivity contribution in [3.8, 4) is 44.8 Å². The minimum atomic E-state index is 0.585. The van der Waals surface area contributed by atoms with Crippen molar-refractivity contribution in [1.29, 1.82) is 0 Å². The van der Waals surface area contributed by atoms with Crippen LogP contribution < -0.4 is 0 Å². The van der Waals surface area contributed by atoms with Crippen molar-refractivity contribution in [3.63, 3.8) is 0 Å². The number of benzene rings is 7. The van der Waals surface area contributed by atoms with E-state index in [1.54, 1.807) is 12.4 Å². The highest BCUT2D eigenvalue weighted by atomic mass is 15.1. The van der Waals surface area contributed by atoms with Gasteiger partial charge in [0, 0.05) is 33.9 Å². The zero-order valence-corrected chi connectivity index (χ0v) is 30.0. The molecule has 0 saturated heterocycles. The molecule has 4 nitrogen and oxygen atoms in total. The van der Waals surface area contributed by atoms with Gasteiger partial charge in [-0.1, -0.05) is 120 Å². The second kappa shape index (κ2) is 12.5. The van der Waals surface area contributed by atoms with Crippen LogP contribution in [-0.4, -0.2) is 14.1 Å². The van der Waals surface area contributed by atoms with Crippen LogP contribution in [0, 0.1) is 20.4 Å². The highest BCUT2D eigenvalue weighted by Crippen LogP contribution is 2.44. The predicted molar refractivity (Wildman–Crippen MR) is 225 cm³/mol. The molecule has 0 aliphatic heterocycles. The molecule has 10 aromatic rings. The van der Waals surface area contributed by atoms with Crippen molar-refractivity contribution in [3.05, 3.63) is 193 Å². The van der Waals surface area contributed by atoms with Gasteiger partial charge in [-0.2, -0.15) is 0 Å². The Morgan fingerprint density at radius 2 is 0.907 bits per heavy atom. The van der Waals surface area contributed by atoms with Gasteiger partial charge in [0.05, 0.1) is 40.0 Å². The van der Waals surface area contributed by atoms with Gasteiger partial charge in [-0.3, -0.25) is 4.98 Å². The Labute approximate surface area is 313 Å². The molecule has 0 radical (unpaired) electrons. The number of fused-ring (bicyclic) bond motifs is 6. The molecule has 10 rings (SSSR count). The molecule has 0 aliphatic rings. The number of nitrogens with zero attached hydrogens (tertiary/aromatic N) is 4. The van der Waals surface area contributed by atoms with Crippen molar-refractivity contribution in [1.82, 2.24) is 14.1 Å². The molecule has 3 heterocycles. The quantitative estimate of drug-likeness (QED) is 0.165. The largest absolute Gasteiger partial charge is 0.308 e. The lowest BCUT2D eigenvalue weighted by Gasteiger charge is -2.20. The van der Waals surface area contributed by atoms with Crippen LogP contribution in [0.4, 0.5) is 5.69 Å². The summed E-state index contributed by atoms with van der Waals surface area (Å²) in [6, 6.07) is 56.5. The zero-order valence-electron chi connectivity index (χ0n) is 30.0. The summed E-state index contributed by atoms with van der Waals surface area (Å²) in [5.74, 6) is 0. The lowest BCUT2D eigenvalue weighted by molar-refractivity contribution is 1.10. The number of hydrogen-bond acceptors (Lipinski definition) is 1. The summed E-state index contributed by atoms with van der Waals surface area (Å²) in [6.45, 7) is 12.8. The van der Waals surface area contributed by atoms with Crippen LogP contribution in [0.1, 0.15) is 11.1 Å². The first-order valence-electron chi connectivity index (χ1n) is 18.2. The van der Waals surface area contributed by atoms with Crippen LogP contribution in [0.2, 0.25) is 0 Å². The van der Waals surface area contributed by atoms with Crippen LogP contribution in [0.25, 0.3) is 93.2 Å². The third-order valence-electron chi connectivity index (χ3n) is 10.7. The molecule has 0 bridgehead atoms. The van der Waals surface area contributed by atoms with Gasteiger partial charge < -0.3 is 9.13 Å². The van der Waals surface area contributed by atoms with E-state index < -0.39 is 0 Å². The van der Waals surface area contributed by atoms with Crippen molar-refractivity contribution in [2.24, 2.45) is 0 Å². The first kappa shape index (κ1) is 31.5. The van der Waals surface area contributed by atoms with E-state index >= 15 is 0 Å². The fourth-order valence-corrected chi connectivity index (χ4v) is 8.25. The molecule has 7 aromatic carbocycles. The summed E-state index contributed by atoms with van der Waals surface area (Å²) in [5.41, 5.74) is 15.8. The Kier molecular flexibility index (Phi) is 7.28. The zero-order chi connectivity index (χ0) is 36.3. The van der Waals surface area contributed by atoms with Crippen LogP contribution in [0.15, 0.2) is 170 Å². The SMILES string of the molecule is [C-]#[N+]c1cc(-n2c3ccccc3c3ccc(-c4cccc(C)c4)cc32)c(-n2c3ccccc3c3ccc(-c4cccc(C)c4)cc32)cc1-c1ccncc1. The minimum absolute atomic E-state index is 0.585. The molecule has 0 atom stereocenters. The number of aromatic nitrogens is 3. The van der Waals surface area contributed by atoms with Gasteiger partial charge in [-0.05, 0) is 95.8 Å². The molecular weight excluding hydrogens is 657 g/mol. The van der Waals surface area contributed by atoms with E-state index in [1.807, 2.05) is 12.1 Å². The summed E-state index contributed by atoms with van der Waals surface area (Å²) in [7, 11) is 0. The molecule has 0 fully saturated rings. The average Bonchev–Trinajstić information content (AvgIpc) is 3.72. The molecular formula is C50H34N4. The fourth-order valence-electron chi connectivity index (χ4n) is 8.25. The van der Waals surface area contributed by atoms with Gasteiger partial charge in [-0.25, -0.2) is 4.85 Å². The third kappa shape index (κ3) is 5.02. The van der Waals surface area contributed by atoms with E-state index in [0.29, 0.717) is 5.69 Å². The number of para-hydroxylation sites is 2. The normalized spacial score (nSPS) is 11.5. The Hall–Kier alpha value is -7.22. The van der Waals surface area contributed by atoms with Crippen molar-refractivity contribution < 1.29 is 0 Å². The molecule has 0 aliphatic carbocycles. The predicted octanol–water partition coefficient (Wildman–Crippen LogP) is 13.4. The van der Waals surface area contributed by atoms with Crippen molar-refractivity contribution in [2.45, 2.75) is 13.8 Å². The highest BCUT2D eigenvalue weighted by molar-refractivity contribution is 6.13. The summed E-state index contributed by atoms with van der Waals surface area (Å²) in [5, 5.41) is 4.69. The molecule has 4 heteroatoms. The van der Waals surface area contributed by atoms with E-state index in [9.17, 15) is 0 Å². The molecule has 3 aromatic heterocycles. The van der Waals surface area contributed by atoms with Gasteiger partial charge >= 0.3 is 0 Å². The number of aryl methyl sites for hydroxylation is 2. The Bertz CT molecular complexity index is 3140. The molecule has 254 valence electrons. The molecule has 0 spiro atoms. The molecule has 0 amide bonds. The number of rotatable bonds is 5. The third-order valence-corrected chi connectivity index (χ3v) is 10.7. The van der Waals surface area contributed by atoms with E-state index in [1.165, 1.54) is 43.8 Å². The minimum Gasteiger partial charge on any atom is -0.308 e. The van der Waals surface area contributed by atoms with E-state index in [2.05, 4.69) is 178 Å². The number of hydrogen-bond donors (Lipinski definition) is 0. The molecule has 0 saturated carbocycles. The monoisotopic (exact) mass is 690 g/mol. The second-order valence-corrected chi connectivity index (χ2v) is 14.1. The molecule has 0 unspecified atom stereocenters. The maximum atomic E-state index is 8.49. The van der Waals surface area contributed by atoms with Gasteiger partial charge in [0.15, 0.2) is 5.69 Å². The summed E-state index contributed by atoms with van der Waals surface area (Å²) < 4.78 is 4.78. The van der Waals surface area contributed by atoms with E-state index in [4.69, 9.17) is 6.57 Å². The van der Waals surface area contributed by atoms with Gasteiger partial charge in [0.25, 0.3) is 0 Å². The smallest absolute Gasteiger partial charge is 0.197 e. The maximum absolute atomic E-state index is 8.49. The molecule has 54 heavy (non-hydrogen) atoms. The van der Waals surface area contributed by atoms with Gasteiger partial charge in [0.1, 0.15) is 0 Å². The van der Waals surface area contributed by atoms with Crippen molar-refractivity contribution in [2.75, 3.05) is 0 Å². The van der Waals surface area contributed by atoms with Crippen LogP contribution in [0.5, 0.6) is 0 Å². The standard InChI is InChI=1S/C50H34N4/c1-32-10-8-12-35(26-32)37-18-20-41-39-14-4-6-16-45(39)53(47(41)28-37)49-30-43(34-22-24-52-25-23-34)44(51-3)31-50(49)54-46-17-7-5-15-40(46)42-21-19-38(29-48(42)54)36-13-9-11-33(2)27-36/h4-31H,1-2H3. The Morgan fingerprint density at radius 3 is 1.43 bits per heavy atom.